The molecule has 3 N–H and O–H groups in total. The van der Waals surface area contributed by atoms with E-state index in [1.165, 1.54) is 0 Å². The summed E-state index contributed by atoms with van der Waals surface area (Å²) in [5.41, 5.74) is 5.60. The van der Waals surface area contributed by atoms with Crippen LogP contribution in [0.5, 0.6) is 5.75 Å². The van der Waals surface area contributed by atoms with Gasteiger partial charge in [-0.2, -0.15) is 0 Å². The maximum absolute atomic E-state index is 10.5. The molecule has 0 spiro atoms. The van der Waals surface area contributed by atoms with Crippen LogP contribution in [0.25, 0.3) is 0 Å². The van der Waals surface area contributed by atoms with Gasteiger partial charge < -0.3 is 15.8 Å². The van der Waals surface area contributed by atoms with Crippen molar-refractivity contribution >= 4 is 41.3 Å². The van der Waals surface area contributed by atoms with Crippen molar-refractivity contribution in [1.29, 1.82) is 0 Å². The molecule has 14 heavy (non-hydrogen) atoms. The zero-order valence-corrected chi connectivity index (χ0v) is 7.41. The summed E-state index contributed by atoms with van der Waals surface area (Å²) in [6.07, 6.45) is 0. The first-order chi connectivity index (χ1) is 6.22. The summed E-state index contributed by atoms with van der Waals surface area (Å²) >= 11 is 0. The molecule has 0 saturated heterocycles. The average Bonchev–Trinajstić information content (AvgIpc) is 2.08. The molecule has 5 heteroatoms. The monoisotopic (exact) mass is 204 g/mol. The molecule has 72 valence electrons. The maximum atomic E-state index is 10.5. The minimum atomic E-state index is -0.566. The molecule has 2 amide bonds. The molecule has 1 rings (SSSR count). The van der Waals surface area contributed by atoms with Crippen LogP contribution in [0.1, 0.15) is 6.92 Å². The fraction of sp³-hybridized carbons (Fsp3) is 0.222. The van der Waals surface area contributed by atoms with E-state index in [0.29, 0.717) is 12.3 Å². The van der Waals surface area contributed by atoms with Gasteiger partial charge in [0.25, 0.3) is 0 Å². The van der Waals surface area contributed by atoms with Gasteiger partial charge in [0.15, 0.2) is 0 Å². The van der Waals surface area contributed by atoms with Crippen molar-refractivity contribution in [2.75, 3.05) is 11.9 Å². The molecule has 1 aromatic carbocycles. The van der Waals surface area contributed by atoms with E-state index in [-0.39, 0.29) is 29.6 Å². The van der Waals surface area contributed by atoms with E-state index in [1.54, 1.807) is 24.3 Å². The number of carbonyl (C=O) groups excluding carboxylic acids is 1. The molecular weight excluding hydrogens is 191 g/mol. The number of ether oxygens (including phenoxy) is 1. The number of anilines is 1. The van der Waals surface area contributed by atoms with Crippen LogP contribution in [0.3, 0.4) is 0 Å². The summed E-state index contributed by atoms with van der Waals surface area (Å²) in [7, 11) is 0. The van der Waals surface area contributed by atoms with Gasteiger partial charge in [0.1, 0.15) is 5.75 Å². The van der Waals surface area contributed by atoms with Gasteiger partial charge in [-0.25, -0.2) is 4.79 Å². The number of rotatable bonds is 3. The standard InChI is InChI=1S/C9H12N2O2.Na.H/c1-2-13-8-5-3-7(4-6-8)11-9(10)12;;/h3-6H,2H2,1H3,(H3,10,11,12);;. The molecule has 0 aliphatic carbocycles. The van der Waals surface area contributed by atoms with Gasteiger partial charge >= 0.3 is 35.6 Å². The molecule has 0 atom stereocenters. The molecule has 4 nitrogen and oxygen atoms in total. The Morgan fingerprint density at radius 3 is 2.43 bits per heavy atom. The van der Waals surface area contributed by atoms with Crippen molar-refractivity contribution in [2.45, 2.75) is 6.92 Å². The second-order valence-electron chi connectivity index (χ2n) is 2.45. The Labute approximate surface area is 105 Å². The van der Waals surface area contributed by atoms with E-state index < -0.39 is 6.03 Å². The minimum absolute atomic E-state index is 0. The summed E-state index contributed by atoms with van der Waals surface area (Å²) < 4.78 is 5.22. The second kappa shape index (κ2) is 6.70. The van der Waals surface area contributed by atoms with Crippen LogP contribution >= 0.6 is 0 Å². The van der Waals surface area contributed by atoms with Gasteiger partial charge in [0, 0.05) is 5.69 Å². The van der Waals surface area contributed by atoms with Gasteiger partial charge in [0.05, 0.1) is 6.61 Å². The van der Waals surface area contributed by atoms with Crippen molar-refractivity contribution in [3.8, 4) is 5.75 Å². The topological polar surface area (TPSA) is 64.3 Å². The molecule has 0 fully saturated rings. The van der Waals surface area contributed by atoms with Crippen LogP contribution in [0, 0.1) is 0 Å². The van der Waals surface area contributed by atoms with Crippen molar-refractivity contribution in [3.63, 3.8) is 0 Å². The summed E-state index contributed by atoms with van der Waals surface area (Å²) in [6.45, 7) is 2.54. The molecule has 0 unspecified atom stereocenters. The van der Waals surface area contributed by atoms with Gasteiger partial charge in [-0.15, -0.1) is 0 Å². The summed E-state index contributed by atoms with van der Waals surface area (Å²) in [4.78, 5) is 10.5. The summed E-state index contributed by atoms with van der Waals surface area (Å²) in [5, 5.41) is 2.46. The van der Waals surface area contributed by atoms with Crippen molar-refractivity contribution in [3.05, 3.63) is 24.3 Å². The molecular formula is C9H13N2NaO2. The van der Waals surface area contributed by atoms with E-state index in [1.807, 2.05) is 6.92 Å². The van der Waals surface area contributed by atoms with Crippen molar-refractivity contribution in [2.24, 2.45) is 5.73 Å². The predicted octanol–water partition coefficient (Wildman–Crippen LogP) is 0.927. The predicted molar refractivity (Wildman–Crippen MR) is 58.0 cm³/mol. The Morgan fingerprint density at radius 1 is 1.43 bits per heavy atom. The number of amides is 2. The van der Waals surface area contributed by atoms with Gasteiger partial charge in [0.2, 0.25) is 0 Å². The van der Waals surface area contributed by atoms with Crippen LogP contribution in [0.4, 0.5) is 10.5 Å². The number of benzene rings is 1. The third-order valence-electron chi connectivity index (χ3n) is 1.43. The Hall–Kier alpha value is -0.710. The van der Waals surface area contributed by atoms with Crippen molar-refractivity contribution in [1.82, 2.24) is 0 Å². The molecule has 0 saturated carbocycles. The van der Waals surface area contributed by atoms with Crippen LogP contribution in [0.15, 0.2) is 24.3 Å². The molecule has 0 radical (unpaired) electrons. The third kappa shape index (κ3) is 4.50. The number of hydrogen-bond acceptors (Lipinski definition) is 2. The SMILES string of the molecule is CCOc1ccc(NC(N)=O)cc1.[NaH]. The Kier molecular flexibility index (Phi) is 6.36. The van der Waals surface area contributed by atoms with E-state index in [0.717, 1.165) is 5.75 Å². The molecule has 1 aromatic rings. The number of carbonyl (C=O) groups is 1. The average molecular weight is 204 g/mol. The first-order valence-electron chi connectivity index (χ1n) is 4.01. The van der Waals surface area contributed by atoms with E-state index >= 15 is 0 Å². The van der Waals surface area contributed by atoms with Crippen LogP contribution in [-0.2, 0) is 0 Å². The van der Waals surface area contributed by atoms with Gasteiger partial charge in [-0.3, -0.25) is 0 Å². The molecule has 0 aliphatic heterocycles. The van der Waals surface area contributed by atoms with Crippen LogP contribution in [0.2, 0.25) is 0 Å². The molecule has 0 heterocycles. The van der Waals surface area contributed by atoms with Gasteiger partial charge in [-0.05, 0) is 31.2 Å². The van der Waals surface area contributed by atoms with Gasteiger partial charge in [-0.1, -0.05) is 0 Å². The summed E-state index contributed by atoms with van der Waals surface area (Å²) in [5.74, 6) is 0.775. The van der Waals surface area contributed by atoms with E-state index in [4.69, 9.17) is 10.5 Å². The number of hydrogen-bond donors (Lipinski definition) is 2. The number of primary amides is 1. The number of nitrogens with two attached hydrogens (primary N) is 1. The number of urea groups is 1. The first-order valence-corrected chi connectivity index (χ1v) is 4.01. The molecule has 0 aromatic heterocycles. The Balaban J connectivity index is 0.00000169. The number of nitrogens with one attached hydrogen (secondary N) is 1. The quantitative estimate of drug-likeness (QED) is 0.719. The normalized spacial score (nSPS) is 8.64. The fourth-order valence-electron chi connectivity index (χ4n) is 0.943. The second-order valence-corrected chi connectivity index (χ2v) is 2.45. The molecule has 0 bridgehead atoms. The van der Waals surface area contributed by atoms with E-state index in [2.05, 4.69) is 5.32 Å². The zero-order chi connectivity index (χ0) is 9.68. The molecule has 0 aliphatic rings. The zero-order valence-electron chi connectivity index (χ0n) is 7.41. The van der Waals surface area contributed by atoms with E-state index in [9.17, 15) is 4.79 Å². The first kappa shape index (κ1) is 13.3. The Bertz CT molecular complexity index is 287. The third-order valence-corrected chi connectivity index (χ3v) is 1.43. The van der Waals surface area contributed by atoms with Crippen molar-refractivity contribution < 1.29 is 9.53 Å². The van der Waals surface area contributed by atoms with Crippen LogP contribution in [-0.4, -0.2) is 42.2 Å². The fourth-order valence-corrected chi connectivity index (χ4v) is 0.943. The van der Waals surface area contributed by atoms with Crippen LogP contribution < -0.4 is 15.8 Å². The summed E-state index contributed by atoms with van der Waals surface area (Å²) in [6, 6.07) is 6.44. The Morgan fingerprint density at radius 2 is 2.00 bits per heavy atom.